The van der Waals surface area contributed by atoms with Crippen molar-refractivity contribution in [3.05, 3.63) is 64.0 Å². The highest BCUT2D eigenvalue weighted by Crippen LogP contribution is 2.37. The first-order valence-electron chi connectivity index (χ1n) is 11.3. The van der Waals surface area contributed by atoms with Gasteiger partial charge >= 0.3 is 0 Å². The highest BCUT2D eigenvalue weighted by atomic mass is 32.2. The SMILES string of the molecule is CNC(=O)C1CC(n2cnc3ccc(-c4cncc(NS(=O)(=O)c5sc(C)nc5C)c4)cc3c2=O)C1. The molecule has 2 N–H and O–H groups in total. The highest BCUT2D eigenvalue weighted by molar-refractivity contribution is 7.94. The second-order valence-electron chi connectivity index (χ2n) is 8.80. The number of nitrogens with zero attached hydrogens (tertiary/aromatic N) is 4. The second-order valence-corrected chi connectivity index (χ2v) is 11.9. The molecule has 0 radical (unpaired) electrons. The standard InChI is InChI=1S/C24H24N6O4S2/c1-13-24(35-14(2)28-13)36(33,34)29-18-6-17(10-26-11-18)15-4-5-21-20(9-15)23(32)30(12-27-21)19-7-16(8-19)22(31)25-3/h4-6,9-12,16,19,29H,7-8H2,1-3H3,(H,25,31). The predicted molar refractivity (Wildman–Crippen MR) is 137 cm³/mol. The van der Waals surface area contributed by atoms with Gasteiger partial charge in [-0.15, -0.1) is 11.3 Å². The van der Waals surface area contributed by atoms with Crippen molar-refractivity contribution in [2.75, 3.05) is 11.8 Å². The van der Waals surface area contributed by atoms with E-state index in [0.29, 0.717) is 51.3 Å². The Bertz CT molecular complexity index is 1650. The van der Waals surface area contributed by atoms with Gasteiger partial charge in [0.2, 0.25) is 5.91 Å². The number of rotatable bonds is 6. The van der Waals surface area contributed by atoms with Crippen molar-refractivity contribution in [1.82, 2.24) is 24.8 Å². The number of carbonyl (C=O) groups is 1. The number of hydrogen-bond donors (Lipinski definition) is 2. The summed E-state index contributed by atoms with van der Waals surface area (Å²) in [4.78, 5) is 37.9. The molecule has 0 bridgehead atoms. The number of thiazole rings is 1. The fourth-order valence-corrected chi connectivity index (χ4v) is 6.94. The highest BCUT2D eigenvalue weighted by Gasteiger charge is 2.35. The number of nitrogens with one attached hydrogen (secondary N) is 2. The molecule has 1 saturated carbocycles. The summed E-state index contributed by atoms with van der Waals surface area (Å²) in [5, 5.41) is 3.76. The van der Waals surface area contributed by atoms with Crippen LogP contribution >= 0.6 is 11.3 Å². The van der Waals surface area contributed by atoms with Crippen LogP contribution in [0, 0.1) is 19.8 Å². The molecule has 1 fully saturated rings. The molecule has 10 nitrogen and oxygen atoms in total. The predicted octanol–water partition coefficient (Wildman–Crippen LogP) is 3.03. The third kappa shape index (κ3) is 4.37. The lowest BCUT2D eigenvalue weighted by atomic mass is 9.79. The van der Waals surface area contributed by atoms with Crippen molar-refractivity contribution in [2.24, 2.45) is 5.92 Å². The number of hydrogen-bond acceptors (Lipinski definition) is 8. The largest absolute Gasteiger partial charge is 0.359 e. The van der Waals surface area contributed by atoms with Gasteiger partial charge in [-0.1, -0.05) is 6.07 Å². The van der Waals surface area contributed by atoms with Crippen LogP contribution in [0.3, 0.4) is 0 Å². The number of anilines is 1. The summed E-state index contributed by atoms with van der Waals surface area (Å²) in [5.41, 5.74) is 2.48. The molecule has 3 aromatic heterocycles. The summed E-state index contributed by atoms with van der Waals surface area (Å²) in [7, 11) is -2.21. The molecule has 12 heteroatoms. The van der Waals surface area contributed by atoms with Crippen LogP contribution in [0.15, 0.2) is 52.0 Å². The molecular formula is C24H24N6O4S2. The zero-order valence-corrected chi connectivity index (χ0v) is 21.5. The number of fused-ring (bicyclic) bond motifs is 1. The molecule has 36 heavy (non-hydrogen) atoms. The maximum atomic E-state index is 13.2. The van der Waals surface area contributed by atoms with Crippen molar-refractivity contribution in [3.8, 4) is 11.1 Å². The van der Waals surface area contributed by atoms with E-state index in [-0.39, 0.29) is 27.6 Å². The van der Waals surface area contributed by atoms with Gasteiger partial charge in [-0.3, -0.25) is 23.9 Å². The molecule has 0 unspecified atom stereocenters. The van der Waals surface area contributed by atoms with E-state index >= 15 is 0 Å². The van der Waals surface area contributed by atoms with Crippen LogP contribution in [-0.2, 0) is 14.8 Å². The third-order valence-corrected chi connectivity index (χ3v) is 9.40. The molecule has 0 spiro atoms. The fourth-order valence-electron chi connectivity index (χ4n) is 4.43. The average Bonchev–Trinajstić information content (AvgIpc) is 3.18. The van der Waals surface area contributed by atoms with Crippen LogP contribution in [0.25, 0.3) is 22.0 Å². The Morgan fingerprint density at radius 2 is 1.92 bits per heavy atom. The molecule has 5 rings (SSSR count). The summed E-state index contributed by atoms with van der Waals surface area (Å²) in [6.07, 6.45) is 5.76. The lowest BCUT2D eigenvalue weighted by molar-refractivity contribution is -0.128. The molecule has 0 atom stereocenters. The van der Waals surface area contributed by atoms with E-state index in [2.05, 4.69) is 25.0 Å². The quantitative estimate of drug-likeness (QED) is 0.396. The summed E-state index contributed by atoms with van der Waals surface area (Å²) < 4.78 is 30.1. The average molecular weight is 525 g/mol. The maximum absolute atomic E-state index is 13.2. The number of aromatic nitrogens is 4. The van der Waals surface area contributed by atoms with Crippen molar-refractivity contribution >= 4 is 43.9 Å². The maximum Gasteiger partial charge on any atom is 0.273 e. The topological polar surface area (TPSA) is 136 Å². The van der Waals surface area contributed by atoms with Crippen LogP contribution in [0.1, 0.15) is 29.6 Å². The molecule has 0 aliphatic heterocycles. The Kier molecular flexibility index (Phi) is 6.08. The first-order valence-corrected chi connectivity index (χ1v) is 13.6. The van der Waals surface area contributed by atoms with Gasteiger partial charge < -0.3 is 5.32 Å². The molecule has 1 aromatic carbocycles. The molecule has 1 aliphatic rings. The molecule has 4 aromatic rings. The van der Waals surface area contributed by atoms with Crippen molar-refractivity contribution in [2.45, 2.75) is 36.9 Å². The van der Waals surface area contributed by atoms with Gasteiger partial charge in [-0.25, -0.2) is 18.4 Å². The van der Waals surface area contributed by atoms with E-state index in [1.165, 1.54) is 12.5 Å². The van der Waals surface area contributed by atoms with Crippen molar-refractivity contribution in [3.63, 3.8) is 0 Å². The van der Waals surface area contributed by atoms with Gasteiger partial charge in [-0.2, -0.15) is 0 Å². The minimum atomic E-state index is -3.81. The van der Waals surface area contributed by atoms with Crippen LogP contribution in [0.5, 0.6) is 0 Å². The van der Waals surface area contributed by atoms with E-state index < -0.39 is 10.0 Å². The Labute approximate surface area is 211 Å². The van der Waals surface area contributed by atoms with Crippen LogP contribution in [0.4, 0.5) is 5.69 Å². The zero-order chi connectivity index (χ0) is 25.6. The fraction of sp³-hybridized carbons (Fsp3) is 0.292. The van der Waals surface area contributed by atoms with E-state index in [1.807, 2.05) is 6.07 Å². The molecule has 0 saturated heterocycles. The monoisotopic (exact) mass is 524 g/mol. The third-order valence-electron chi connectivity index (χ3n) is 6.34. The molecule has 1 aliphatic carbocycles. The number of pyridine rings is 1. The van der Waals surface area contributed by atoms with Gasteiger partial charge in [0.05, 0.1) is 39.8 Å². The van der Waals surface area contributed by atoms with E-state index in [0.717, 1.165) is 11.3 Å². The van der Waals surface area contributed by atoms with Gasteiger partial charge in [0.15, 0.2) is 4.21 Å². The van der Waals surface area contributed by atoms with E-state index in [4.69, 9.17) is 0 Å². The molecule has 3 heterocycles. The Morgan fingerprint density at radius 3 is 2.61 bits per heavy atom. The van der Waals surface area contributed by atoms with Gasteiger partial charge in [0, 0.05) is 30.8 Å². The second kappa shape index (κ2) is 9.10. The zero-order valence-electron chi connectivity index (χ0n) is 19.8. The molecular weight excluding hydrogens is 500 g/mol. The lowest BCUT2D eigenvalue weighted by Gasteiger charge is -2.34. The van der Waals surface area contributed by atoms with Gasteiger partial charge in [-0.05, 0) is 50.5 Å². The number of benzene rings is 1. The van der Waals surface area contributed by atoms with Crippen LogP contribution < -0.4 is 15.6 Å². The smallest absolute Gasteiger partial charge is 0.273 e. The normalized spacial score (nSPS) is 17.5. The minimum Gasteiger partial charge on any atom is -0.359 e. The first kappa shape index (κ1) is 24.1. The summed E-state index contributed by atoms with van der Waals surface area (Å²) in [6.45, 7) is 3.41. The summed E-state index contributed by atoms with van der Waals surface area (Å²) >= 11 is 1.11. The molecule has 1 amide bonds. The Balaban J connectivity index is 1.44. The van der Waals surface area contributed by atoms with E-state index in [1.54, 1.807) is 49.9 Å². The first-order chi connectivity index (χ1) is 17.2. The molecule has 186 valence electrons. The lowest BCUT2D eigenvalue weighted by Crippen LogP contribution is -2.41. The Hall–Kier alpha value is -3.64. The summed E-state index contributed by atoms with van der Waals surface area (Å²) in [6, 6.07) is 6.91. The number of amides is 1. The summed E-state index contributed by atoms with van der Waals surface area (Å²) in [5.74, 6) is -0.108. The van der Waals surface area contributed by atoms with Crippen molar-refractivity contribution < 1.29 is 13.2 Å². The number of sulfonamides is 1. The van der Waals surface area contributed by atoms with Crippen LogP contribution in [-0.4, -0.2) is 40.9 Å². The van der Waals surface area contributed by atoms with E-state index in [9.17, 15) is 18.0 Å². The van der Waals surface area contributed by atoms with Gasteiger partial charge in [0.1, 0.15) is 0 Å². The van der Waals surface area contributed by atoms with Crippen molar-refractivity contribution in [1.29, 1.82) is 0 Å². The minimum absolute atomic E-state index is 0.0148. The number of carbonyl (C=O) groups excluding carboxylic acids is 1. The number of aryl methyl sites for hydroxylation is 2. The van der Waals surface area contributed by atoms with Crippen LogP contribution in [0.2, 0.25) is 0 Å². The van der Waals surface area contributed by atoms with Gasteiger partial charge in [0.25, 0.3) is 15.6 Å². The Morgan fingerprint density at radius 1 is 1.14 bits per heavy atom.